The fourth-order valence-corrected chi connectivity index (χ4v) is 2.01. The molecular formula is C12H13ClO5. The van der Waals surface area contributed by atoms with Crippen molar-refractivity contribution in [1.82, 2.24) is 0 Å². The summed E-state index contributed by atoms with van der Waals surface area (Å²) in [6.45, 7) is 0. The first-order valence-electron chi connectivity index (χ1n) is 5.26. The van der Waals surface area contributed by atoms with E-state index in [1.165, 1.54) is 6.07 Å². The van der Waals surface area contributed by atoms with Gasteiger partial charge in [0.1, 0.15) is 0 Å². The van der Waals surface area contributed by atoms with Gasteiger partial charge in [0.15, 0.2) is 6.10 Å². The summed E-state index contributed by atoms with van der Waals surface area (Å²) >= 11 is 5.75. The Morgan fingerprint density at radius 1 is 1.28 bits per heavy atom. The quantitative estimate of drug-likeness (QED) is 0.683. The zero-order valence-corrected chi connectivity index (χ0v) is 10.2. The lowest BCUT2D eigenvalue weighted by Gasteiger charge is -2.14. The molecule has 1 rings (SSSR count). The first kappa shape index (κ1) is 14.5. The fourth-order valence-electron chi connectivity index (χ4n) is 1.68. The number of rotatable bonds is 6. The van der Waals surface area contributed by atoms with Crippen molar-refractivity contribution >= 4 is 23.5 Å². The number of alkyl halides is 1. The third-order valence-corrected chi connectivity index (χ3v) is 2.85. The van der Waals surface area contributed by atoms with E-state index < -0.39 is 18.0 Å². The number of hydrogen-bond acceptors (Lipinski definition) is 3. The average Bonchev–Trinajstić information content (AvgIpc) is 2.34. The van der Waals surface area contributed by atoms with Crippen LogP contribution in [0, 0.1) is 0 Å². The van der Waals surface area contributed by atoms with E-state index in [0.29, 0.717) is 11.1 Å². The van der Waals surface area contributed by atoms with Crippen LogP contribution in [0.25, 0.3) is 0 Å². The second-order valence-corrected chi connectivity index (χ2v) is 4.02. The summed E-state index contributed by atoms with van der Waals surface area (Å²) in [6.07, 6.45) is -1.47. The lowest BCUT2D eigenvalue weighted by molar-refractivity contribution is -0.147. The number of benzene rings is 1. The summed E-state index contributed by atoms with van der Waals surface area (Å²) in [7, 11) is 0. The topological polar surface area (TPSA) is 94.8 Å². The molecule has 0 bridgehead atoms. The Morgan fingerprint density at radius 2 is 1.94 bits per heavy atom. The van der Waals surface area contributed by atoms with Crippen molar-refractivity contribution in [3.05, 3.63) is 34.9 Å². The van der Waals surface area contributed by atoms with Crippen LogP contribution in [-0.2, 0) is 21.9 Å². The fraction of sp³-hybridized carbons (Fsp3) is 0.333. The minimum absolute atomic E-state index is 0.0233. The highest BCUT2D eigenvalue weighted by Crippen LogP contribution is 2.24. The van der Waals surface area contributed by atoms with E-state index in [1.807, 2.05) is 0 Å². The van der Waals surface area contributed by atoms with Gasteiger partial charge in [-0.3, -0.25) is 4.79 Å². The van der Waals surface area contributed by atoms with E-state index in [0.717, 1.165) is 0 Å². The van der Waals surface area contributed by atoms with Crippen LogP contribution < -0.4 is 0 Å². The van der Waals surface area contributed by atoms with Crippen molar-refractivity contribution in [2.24, 2.45) is 0 Å². The van der Waals surface area contributed by atoms with Gasteiger partial charge in [-0.15, -0.1) is 11.6 Å². The van der Waals surface area contributed by atoms with Crippen LogP contribution in [0.3, 0.4) is 0 Å². The summed E-state index contributed by atoms with van der Waals surface area (Å²) < 4.78 is 0. The summed E-state index contributed by atoms with van der Waals surface area (Å²) in [5.41, 5.74) is 1.33. The first-order chi connectivity index (χ1) is 8.47. The number of carboxylic acids is 2. The summed E-state index contributed by atoms with van der Waals surface area (Å²) in [4.78, 5) is 21.3. The number of carboxylic acid groups (broad SMARTS) is 2. The Hall–Kier alpha value is -1.59. The Morgan fingerprint density at radius 3 is 2.44 bits per heavy atom. The van der Waals surface area contributed by atoms with Crippen LogP contribution >= 0.6 is 11.6 Å². The van der Waals surface area contributed by atoms with Gasteiger partial charge >= 0.3 is 11.9 Å². The predicted octanol–water partition coefficient (Wildman–Crippen LogP) is 1.56. The molecule has 18 heavy (non-hydrogen) atoms. The van der Waals surface area contributed by atoms with Crippen molar-refractivity contribution in [2.45, 2.75) is 24.8 Å². The first-order valence-corrected chi connectivity index (χ1v) is 5.80. The molecule has 6 heteroatoms. The largest absolute Gasteiger partial charge is 0.481 e. The lowest BCUT2D eigenvalue weighted by atomic mass is 9.95. The van der Waals surface area contributed by atoms with Crippen molar-refractivity contribution in [3.63, 3.8) is 0 Å². The van der Waals surface area contributed by atoms with Gasteiger partial charge in [0.2, 0.25) is 0 Å². The second-order valence-electron chi connectivity index (χ2n) is 3.75. The molecule has 1 aromatic carbocycles. The Balaban J connectivity index is 3.09. The summed E-state index contributed by atoms with van der Waals surface area (Å²) in [5.74, 6) is -2.29. The monoisotopic (exact) mass is 272 g/mol. The smallest absolute Gasteiger partial charge is 0.337 e. The van der Waals surface area contributed by atoms with Crippen LogP contribution in [0.1, 0.15) is 29.2 Å². The molecule has 0 fully saturated rings. The minimum Gasteiger partial charge on any atom is -0.481 e. The lowest BCUT2D eigenvalue weighted by Crippen LogP contribution is -2.13. The molecule has 3 N–H and O–H groups in total. The standard InChI is InChI=1S/C12H13ClO5/c13-6-9-7(4-5-10(14)15)2-1-3-8(9)11(16)12(17)18/h1-3,11,16H,4-6H2,(H,14,15)(H,17,18). The predicted molar refractivity (Wildman–Crippen MR) is 64.6 cm³/mol. The molecule has 0 radical (unpaired) electrons. The minimum atomic E-state index is -1.65. The van der Waals surface area contributed by atoms with E-state index in [9.17, 15) is 14.7 Å². The molecule has 0 aliphatic rings. The number of hydrogen-bond donors (Lipinski definition) is 3. The van der Waals surface area contributed by atoms with Gasteiger partial charge in [0.05, 0.1) is 0 Å². The Bertz CT molecular complexity index is 458. The van der Waals surface area contributed by atoms with E-state index in [2.05, 4.69) is 0 Å². The van der Waals surface area contributed by atoms with Crippen LogP contribution in [0.4, 0.5) is 0 Å². The van der Waals surface area contributed by atoms with Crippen LogP contribution in [0.2, 0.25) is 0 Å². The number of carbonyl (C=O) groups is 2. The molecule has 98 valence electrons. The Labute approximate surface area is 109 Å². The van der Waals surface area contributed by atoms with E-state index in [4.69, 9.17) is 21.8 Å². The maximum atomic E-state index is 10.8. The zero-order chi connectivity index (χ0) is 13.7. The van der Waals surface area contributed by atoms with Gasteiger partial charge in [-0.1, -0.05) is 18.2 Å². The zero-order valence-electron chi connectivity index (χ0n) is 9.47. The van der Waals surface area contributed by atoms with Gasteiger partial charge in [-0.25, -0.2) is 4.79 Å². The van der Waals surface area contributed by atoms with Gasteiger partial charge in [-0.2, -0.15) is 0 Å². The Kier molecular flexibility index (Phi) is 5.12. The van der Waals surface area contributed by atoms with Gasteiger partial charge in [0.25, 0.3) is 0 Å². The number of aliphatic hydroxyl groups excluding tert-OH is 1. The van der Waals surface area contributed by atoms with Gasteiger partial charge < -0.3 is 15.3 Å². The van der Waals surface area contributed by atoms with Gasteiger partial charge in [0, 0.05) is 12.3 Å². The van der Waals surface area contributed by atoms with E-state index >= 15 is 0 Å². The molecule has 1 unspecified atom stereocenters. The molecule has 0 heterocycles. The molecule has 5 nitrogen and oxygen atoms in total. The molecule has 0 aromatic heterocycles. The van der Waals surface area contributed by atoms with Crippen LogP contribution in [0.15, 0.2) is 18.2 Å². The van der Waals surface area contributed by atoms with Crippen LogP contribution in [-0.4, -0.2) is 27.3 Å². The third-order valence-electron chi connectivity index (χ3n) is 2.58. The molecule has 0 saturated heterocycles. The van der Waals surface area contributed by atoms with Crippen molar-refractivity contribution in [3.8, 4) is 0 Å². The molecule has 1 atom stereocenters. The highest BCUT2D eigenvalue weighted by molar-refractivity contribution is 6.17. The van der Waals surface area contributed by atoms with E-state index in [-0.39, 0.29) is 24.3 Å². The summed E-state index contributed by atoms with van der Waals surface area (Å²) in [5, 5.41) is 26.9. The highest BCUT2D eigenvalue weighted by atomic mass is 35.5. The number of aliphatic carboxylic acids is 2. The highest BCUT2D eigenvalue weighted by Gasteiger charge is 2.20. The number of aryl methyl sites for hydroxylation is 1. The average molecular weight is 273 g/mol. The third kappa shape index (κ3) is 3.45. The van der Waals surface area contributed by atoms with Crippen molar-refractivity contribution in [2.75, 3.05) is 0 Å². The second kappa shape index (κ2) is 6.37. The molecule has 0 saturated carbocycles. The SMILES string of the molecule is O=C(O)CCc1cccc(C(O)C(=O)O)c1CCl. The number of halogens is 1. The maximum Gasteiger partial charge on any atom is 0.337 e. The summed E-state index contributed by atoms with van der Waals surface area (Å²) in [6, 6.07) is 4.73. The van der Waals surface area contributed by atoms with Crippen molar-refractivity contribution < 1.29 is 24.9 Å². The number of aliphatic hydroxyl groups is 1. The molecule has 0 aliphatic heterocycles. The van der Waals surface area contributed by atoms with Gasteiger partial charge in [-0.05, 0) is 23.1 Å². The van der Waals surface area contributed by atoms with Crippen LogP contribution in [0.5, 0.6) is 0 Å². The molecule has 0 spiro atoms. The maximum absolute atomic E-state index is 10.8. The molecule has 0 aliphatic carbocycles. The molecular weight excluding hydrogens is 260 g/mol. The molecule has 0 amide bonds. The van der Waals surface area contributed by atoms with E-state index in [1.54, 1.807) is 12.1 Å². The van der Waals surface area contributed by atoms with Crippen molar-refractivity contribution in [1.29, 1.82) is 0 Å². The normalized spacial score (nSPS) is 12.1. The molecule has 1 aromatic rings.